The molecule has 2 aliphatic heterocycles. The number of thioether (sulfide) groups is 2. The smallest absolute Gasteiger partial charge is 0.263 e. The van der Waals surface area contributed by atoms with Gasteiger partial charge in [-0.3, -0.25) is 14.5 Å². The first-order chi connectivity index (χ1) is 15.1. The zero-order valence-corrected chi connectivity index (χ0v) is 20.6. The third kappa shape index (κ3) is 5.87. The Labute approximate surface area is 198 Å². The van der Waals surface area contributed by atoms with Gasteiger partial charge in [0.05, 0.1) is 30.2 Å². The van der Waals surface area contributed by atoms with Crippen molar-refractivity contribution in [1.29, 1.82) is 0 Å². The van der Waals surface area contributed by atoms with Gasteiger partial charge in [0.25, 0.3) is 11.8 Å². The second-order valence-corrected chi connectivity index (χ2v) is 10.2. The van der Waals surface area contributed by atoms with Crippen molar-refractivity contribution in [2.24, 2.45) is 0 Å². The Morgan fingerprint density at radius 1 is 0.968 bits per heavy atom. The number of amides is 2. The Kier molecular flexibility index (Phi) is 9.34. The lowest BCUT2D eigenvalue weighted by Gasteiger charge is -2.23. The largest absolute Gasteiger partial charge is 0.489 e. The number of unbranched alkanes of at least 4 members (excludes halogenated alkanes) is 2. The molecule has 0 radical (unpaired) electrons. The van der Waals surface area contributed by atoms with Crippen LogP contribution < -0.4 is 9.47 Å². The van der Waals surface area contributed by atoms with Gasteiger partial charge in [-0.25, -0.2) is 0 Å². The van der Waals surface area contributed by atoms with Gasteiger partial charge >= 0.3 is 0 Å². The minimum atomic E-state index is -0.197. The molecular weight excluding hydrogens is 452 g/mol. The third-order valence-corrected chi connectivity index (χ3v) is 7.50. The minimum Gasteiger partial charge on any atom is -0.489 e. The number of hydrogen-bond donors (Lipinski definition) is 0. The maximum absolute atomic E-state index is 13.3. The van der Waals surface area contributed by atoms with E-state index >= 15 is 0 Å². The van der Waals surface area contributed by atoms with Crippen molar-refractivity contribution in [1.82, 2.24) is 9.80 Å². The molecule has 0 saturated carbocycles. The summed E-state index contributed by atoms with van der Waals surface area (Å²) in [6, 6.07) is 3.40. The van der Waals surface area contributed by atoms with Crippen LogP contribution in [0.2, 0.25) is 0 Å². The molecule has 0 unspecified atom stereocenters. The van der Waals surface area contributed by atoms with Crippen LogP contribution in [0.25, 0.3) is 0 Å². The molecule has 1 aromatic rings. The number of nitrogens with zero attached hydrogens (tertiary/aromatic N) is 2. The van der Waals surface area contributed by atoms with E-state index in [-0.39, 0.29) is 11.8 Å². The number of rotatable bonds is 10. The van der Waals surface area contributed by atoms with E-state index in [1.165, 1.54) is 11.8 Å². The van der Waals surface area contributed by atoms with E-state index in [9.17, 15) is 9.59 Å². The van der Waals surface area contributed by atoms with Crippen LogP contribution in [0.1, 0.15) is 60.2 Å². The lowest BCUT2D eigenvalue weighted by Crippen LogP contribution is -2.32. The molecule has 2 fully saturated rings. The molecule has 2 saturated heterocycles. The summed E-state index contributed by atoms with van der Waals surface area (Å²) >= 11 is 8.59. The van der Waals surface area contributed by atoms with Crippen molar-refractivity contribution in [2.45, 2.75) is 39.5 Å². The SMILES string of the molecule is CCCCOc1c(C(=O)N2CCSC2)ccc(C(=O)N2CCSC2=S)c1OCCCC. The van der Waals surface area contributed by atoms with Gasteiger partial charge in [0, 0.05) is 24.6 Å². The Morgan fingerprint density at radius 3 is 2.06 bits per heavy atom. The van der Waals surface area contributed by atoms with Crippen molar-refractivity contribution in [2.75, 3.05) is 43.7 Å². The molecule has 3 rings (SSSR count). The van der Waals surface area contributed by atoms with Crippen LogP contribution in [0, 0.1) is 0 Å². The van der Waals surface area contributed by atoms with Gasteiger partial charge in [0.2, 0.25) is 0 Å². The van der Waals surface area contributed by atoms with Crippen molar-refractivity contribution in [3.8, 4) is 11.5 Å². The highest BCUT2D eigenvalue weighted by Gasteiger charge is 2.32. The summed E-state index contributed by atoms with van der Waals surface area (Å²) < 4.78 is 12.8. The van der Waals surface area contributed by atoms with Gasteiger partial charge in [-0.15, -0.1) is 11.8 Å². The minimum absolute atomic E-state index is 0.0805. The maximum Gasteiger partial charge on any atom is 0.263 e. The molecule has 0 aliphatic carbocycles. The van der Waals surface area contributed by atoms with E-state index in [1.807, 2.05) is 4.90 Å². The second kappa shape index (κ2) is 12.0. The topological polar surface area (TPSA) is 59.1 Å². The maximum atomic E-state index is 13.3. The molecule has 0 atom stereocenters. The van der Waals surface area contributed by atoms with E-state index in [0.717, 1.165) is 37.2 Å². The van der Waals surface area contributed by atoms with Gasteiger partial charge in [-0.2, -0.15) is 0 Å². The summed E-state index contributed by atoms with van der Waals surface area (Å²) in [6.45, 7) is 6.38. The second-order valence-electron chi connectivity index (χ2n) is 7.40. The monoisotopic (exact) mass is 482 g/mol. The third-order valence-electron chi connectivity index (χ3n) is 5.11. The van der Waals surface area contributed by atoms with Gasteiger partial charge in [-0.05, 0) is 25.0 Å². The molecular formula is C22H30N2O4S3. The Balaban J connectivity index is 2.02. The van der Waals surface area contributed by atoms with Crippen molar-refractivity contribution in [3.05, 3.63) is 23.3 Å². The molecule has 0 N–H and O–H groups in total. The highest BCUT2D eigenvalue weighted by atomic mass is 32.2. The first-order valence-corrected chi connectivity index (χ1v) is 13.4. The Bertz CT molecular complexity index is 812. The molecule has 31 heavy (non-hydrogen) atoms. The van der Waals surface area contributed by atoms with E-state index in [2.05, 4.69) is 13.8 Å². The van der Waals surface area contributed by atoms with E-state index in [1.54, 1.807) is 28.8 Å². The lowest BCUT2D eigenvalue weighted by atomic mass is 10.1. The van der Waals surface area contributed by atoms with Crippen molar-refractivity contribution >= 4 is 51.9 Å². The zero-order valence-electron chi connectivity index (χ0n) is 18.2. The van der Waals surface area contributed by atoms with Gasteiger partial charge < -0.3 is 14.4 Å². The summed E-state index contributed by atoms with van der Waals surface area (Å²) in [5.74, 6) is 2.86. The van der Waals surface area contributed by atoms with E-state index in [0.29, 0.717) is 59.1 Å². The summed E-state index contributed by atoms with van der Waals surface area (Å²) in [4.78, 5) is 30.0. The molecule has 2 aliphatic rings. The quantitative estimate of drug-likeness (QED) is 0.355. The van der Waals surface area contributed by atoms with E-state index in [4.69, 9.17) is 21.7 Å². The number of thiocarbonyl (C=S) groups is 1. The van der Waals surface area contributed by atoms with Crippen LogP contribution in [-0.4, -0.2) is 69.6 Å². The Hall–Kier alpha value is -1.45. The molecule has 0 aromatic heterocycles. The molecule has 0 bridgehead atoms. The van der Waals surface area contributed by atoms with Crippen LogP contribution in [-0.2, 0) is 0 Å². The number of benzene rings is 1. The molecule has 6 nitrogen and oxygen atoms in total. The summed E-state index contributed by atoms with van der Waals surface area (Å²) in [5, 5.41) is 0. The van der Waals surface area contributed by atoms with Crippen LogP contribution in [0.3, 0.4) is 0 Å². The first kappa shape index (κ1) is 24.2. The van der Waals surface area contributed by atoms with Gasteiger partial charge in [-0.1, -0.05) is 50.7 Å². The highest BCUT2D eigenvalue weighted by Crippen LogP contribution is 2.38. The summed E-state index contributed by atoms with van der Waals surface area (Å²) in [6.07, 6.45) is 3.63. The lowest BCUT2D eigenvalue weighted by molar-refractivity contribution is 0.0793. The first-order valence-electron chi connectivity index (χ1n) is 10.9. The molecule has 2 heterocycles. The summed E-state index contributed by atoms with van der Waals surface area (Å²) in [7, 11) is 0. The predicted molar refractivity (Wildman–Crippen MR) is 132 cm³/mol. The average Bonchev–Trinajstić information content (AvgIpc) is 3.45. The van der Waals surface area contributed by atoms with E-state index < -0.39 is 0 Å². The molecule has 170 valence electrons. The van der Waals surface area contributed by atoms with Crippen LogP contribution in [0.4, 0.5) is 0 Å². The van der Waals surface area contributed by atoms with Gasteiger partial charge in [0.1, 0.15) is 4.32 Å². The van der Waals surface area contributed by atoms with Crippen molar-refractivity contribution in [3.63, 3.8) is 0 Å². The number of carbonyl (C=O) groups excluding carboxylic acids is 2. The molecule has 1 aromatic carbocycles. The average molecular weight is 483 g/mol. The van der Waals surface area contributed by atoms with Crippen LogP contribution in [0.15, 0.2) is 12.1 Å². The van der Waals surface area contributed by atoms with Gasteiger partial charge in [0.15, 0.2) is 11.5 Å². The van der Waals surface area contributed by atoms with Crippen LogP contribution >= 0.6 is 35.7 Å². The number of carbonyl (C=O) groups is 2. The standard InChI is InChI=1S/C22H30N2O4S3/c1-3-5-11-27-18-16(20(25)23-9-13-30-15-23)7-8-17(19(18)28-12-6-4-2)21(26)24-10-14-31-22(24)29/h7-8H,3-6,9-15H2,1-2H3. The zero-order chi connectivity index (χ0) is 22.2. The fraction of sp³-hybridized carbons (Fsp3) is 0.591. The normalized spacial score (nSPS) is 16.1. The predicted octanol–water partition coefficient (Wildman–Crippen LogP) is 4.66. The number of ether oxygens (including phenoxy) is 2. The summed E-state index contributed by atoms with van der Waals surface area (Å²) in [5.41, 5.74) is 0.861. The molecule has 0 spiro atoms. The van der Waals surface area contributed by atoms with Crippen molar-refractivity contribution < 1.29 is 19.1 Å². The molecule has 2 amide bonds. The van der Waals surface area contributed by atoms with Crippen LogP contribution in [0.5, 0.6) is 11.5 Å². The fourth-order valence-corrected chi connectivity index (χ4v) is 5.44. The highest BCUT2D eigenvalue weighted by molar-refractivity contribution is 8.23. The number of hydrogen-bond acceptors (Lipinski definition) is 7. The Morgan fingerprint density at radius 2 is 1.58 bits per heavy atom. The molecule has 9 heteroatoms. The fourth-order valence-electron chi connectivity index (χ4n) is 3.29.